The lowest BCUT2D eigenvalue weighted by molar-refractivity contribution is -0.118. The van der Waals surface area contributed by atoms with E-state index in [0.717, 1.165) is 34.4 Å². The second-order valence-electron chi connectivity index (χ2n) is 7.88. The zero-order valence-electron chi connectivity index (χ0n) is 19.5. The van der Waals surface area contributed by atoms with Gasteiger partial charge in [-0.25, -0.2) is 13.4 Å². The van der Waals surface area contributed by atoms with Crippen molar-refractivity contribution in [1.29, 1.82) is 0 Å². The van der Waals surface area contributed by atoms with Gasteiger partial charge >= 0.3 is 0 Å². The van der Waals surface area contributed by atoms with Crippen molar-refractivity contribution in [3.05, 3.63) is 53.6 Å². The maximum atomic E-state index is 13.2. The second kappa shape index (κ2) is 11.9. The van der Waals surface area contributed by atoms with Gasteiger partial charge in [0.1, 0.15) is 0 Å². The number of halogens is 1. The number of nitrogens with zero attached hydrogens (tertiary/aromatic N) is 3. The number of fused-ring (bicyclic) bond motifs is 1. The summed E-state index contributed by atoms with van der Waals surface area (Å²) in [5.41, 5.74) is 3.12. The quantitative estimate of drug-likeness (QED) is 0.414. The van der Waals surface area contributed by atoms with Crippen LogP contribution in [-0.2, 0) is 14.6 Å². The molecule has 2 aromatic carbocycles. The van der Waals surface area contributed by atoms with E-state index in [-0.39, 0.29) is 35.4 Å². The molecule has 3 aromatic rings. The molecule has 3 rings (SSSR count). The van der Waals surface area contributed by atoms with E-state index >= 15 is 0 Å². The normalized spacial score (nSPS) is 11.5. The molecule has 1 aromatic heterocycles. The first-order valence-electron chi connectivity index (χ1n) is 10.9. The number of hydrogen-bond acceptors (Lipinski definition) is 6. The number of likely N-dealkylation sites (N-methyl/N-ethyl adjacent to an activating group) is 1. The average molecular weight is 509 g/mol. The summed E-state index contributed by atoms with van der Waals surface area (Å²) in [6.45, 7) is 11.2. The summed E-state index contributed by atoms with van der Waals surface area (Å²) < 4.78 is 26.4. The number of benzene rings is 2. The molecule has 0 atom stereocenters. The van der Waals surface area contributed by atoms with Gasteiger partial charge in [0.05, 0.1) is 20.9 Å². The first kappa shape index (κ1) is 27.2. The summed E-state index contributed by atoms with van der Waals surface area (Å²) in [7, 11) is -3.52. The molecule has 1 amide bonds. The Kier molecular flexibility index (Phi) is 9.84. The largest absolute Gasteiger partial charge is 1.00 e. The molecule has 33 heavy (non-hydrogen) atoms. The number of thiazole rings is 1. The molecule has 9 heteroatoms. The van der Waals surface area contributed by atoms with Crippen LogP contribution in [0.25, 0.3) is 10.2 Å². The Morgan fingerprint density at radius 2 is 1.70 bits per heavy atom. The summed E-state index contributed by atoms with van der Waals surface area (Å²) in [4.78, 5) is 22.2. The molecule has 0 aliphatic rings. The van der Waals surface area contributed by atoms with Crippen molar-refractivity contribution in [1.82, 2.24) is 9.88 Å². The van der Waals surface area contributed by atoms with Crippen molar-refractivity contribution in [2.45, 2.75) is 39.0 Å². The number of rotatable bonds is 10. The molecule has 180 valence electrons. The van der Waals surface area contributed by atoms with Gasteiger partial charge in [-0.3, -0.25) is 9.69 Å². The zero-order chi connectivity index (χ0) is 23.3. The van der Waals surface area contributed by atoms with Crippen LogP contribution in [0.4, 0.5) is 5.13 Å². The lowest BCUT2D eigenvalue weighted by atomic mass is 10.1. The minimum Gasteiger partial charge on any atom is -1.00 e. The molecule has 0 radical (unpaired) electrons. The first-order valence-corrected chi connectivity index (χ1v) is 13.4. The molecule has 0 fully saturated rings. The van der Waals surface area contributed by atoms with Crippen LogP contribution < -0.4 is 17.3 Å². The van der Waals surface area contributed by atoms with Crippen molar-refractivity contribution in [3.8, 4) is 0 Å². The van der Waals surface area contributed by atoms with Crippen LogP contribution in [0, 0.1) is 13.8 Å². The van der Waals surface area contributed by atoms with Gasteiger partial charge in [-0.2, -0.15) is 0 Å². The Balaban J connectivity index is 0.00000385. The highest BCUT2D eigenvalue weighted by molar-refractivity contribution is 7.91. The monoisotopic (exact) mass is 508 g/mol. The van der Waals surface area contributed by atoms with E-state index in [1.54, 1.807) is 35.2 Å². The highest BCUT2D eigenvalue weighted by atomic mass is 35.5. The number of amides is 1. The summed E-state index contributed by atoms with van der Waals surface area (Å²) >= 11 is 1.48. The molecule has 0 bridgehead atoms. The van der Waals surface area contributed by atoms with Gasteiger partial charge < -0.3 is 17.3 Å². The van der Waals surface area contributed by atoms with Crippen LogP contribution in [0.1, 0.15) is 31.4 Å². The SMILES string of the molecule is CCN(CC)CCN(C(=O)CCS(=O)(=O)c1ccccc1)c1nc2c(C)cc(C)cc2s1.[Cl-]. The number of anilines is 1. The summed E-state index contributed by atoms with van der Waals surface area (Å²) in [6.07, 6.45) is -0.0799. The maximum absolute atomic E-state index is 13.2. The molecular formula is C24H31ClN3O3S2-. The van der Waals surface area contributed by atoms with E-state index in [1.807, 2.05) is 13.8 Å². The van der Waals surface area contributed by atoms with Crippen LogP contribution in [-0.4, -0.2) is 56.1 Å². The highest BCUT2D eigenvalue weighted by Crippen LogP contribution is 2.32. The smallest absolute Gasteiger partial charge is 0.229 e. The molecular weight excluding hydrogens is 478 g/mol. The van der Waals surface area contributed by atoms with E-state index in [1.165, 1.54) is 11.3 Å². The minimum absolute atomic E-state index is 0. The number of sulfone groups is 1. The highest BCUT2D eigenvalue weighted by Gasteiger charge is 2.24. The van der Waals surface area contributed by atoms with Gasteiger partial charge in [-0.1, -0.05) is 49.4 Å². The number of carbonyl (C=O) groups excluding carboxylic acids is 1. The number of hydrogen-bond donors (Lipinski definition) is 0. The van der Waals surface area contributed by atoms with Crippen molar-refractivity contribution in [2.24, 2.45) is 0 Å². The summed E-state index contributed by atoms with van der Waals surface area (Å²) in [5, 5.41) is 0.628. The fraction of sp³-hybridized carbons (Fsp3) is 0.417. The summed E-state index contributed by atoms with van der Waals surface area (Å²) in [6, 6.07) is 12.5. The Labute approximate surface area is 207 Å². The topological polar surface area (TPSA) is 70.6 Å². The number of carbonyl (C=O) groups is 1. The van der Waals surface area contributed by atoms with Gasteiger partial charge in [0.25, 0.3) is 0 Å². The predicted molar refractivity (Wildman–Crippen MR) is 132 cm³/mol. The molecule has 0 aliphatic heterocycles. The molecule has 0 saturated heterocycles. The van der Waals surface area contributed by atoms with Gasteiger partial charge in [0.2, 0.25) is 5.91 Å². The fourth-order valence-corrected chi connectivity index (χ4v) is 6.12. The van der Waals surface area contributed by atoms with Crippen LogP contribution in [0.5, 0.6) is 0 Å². The van der Waals surface area contributed by atoms with E-state index in [4.69, 9.17) is 4.98 Å². The second-order valence-corrected chi connectivity index (χ2v) is 11.0. The minimum atomic E-state index is -3.52. The molecule has 0 N–H and O–H groups in total. The van der Waals surface area contributed by atoms with E-state index in [9.17, 15) is 13.2 Å². The van der Waals surface area contributed by atoms with Gasteiger partial charge in [0, 0.05) is 19.5 Å². The molecule has 1 heterocycles. The van der Waals surface area contributed by atoms with E-state index in [2.05, 4.69) is 30.9 Å². The molecule has 0 unspecified atom stereocenters. The van der Waals surface area contributed by atoms with E-state index < -0.39 is 9.84 Å². The average Bonchev–Trinajstić information content (AvgIpc) is 3.20. The van der Waals surface area contributed by atoms with Crippen molar-refractivity contribution >= 4 is 42.4 Å². The van der Waals surface area contributed by atoms with Crippen molar-refractivity contribution in [2.75, 3.05) is 36.8 Å². The van der Waals surface area contributed by atoms with Crippen molar-refractivity contribution < 1.29 is 25.6 Å². The van der Waals surface area contributed by atoms with Gasteiger partial charge in [-0.05, 0) is 56.3 Å². The molecule has 0 aliphatic carbocycles. The fourth-order valence-electron chi connectivity index (χ4n) is 3.68. The Morgan fingerprint density at radius 1 is 1.03 bits per heavy atom. The predicted octanol–water partition coefficient (Wildman–Crippen LogP) is 1.46. The number of aryl methyl sites for hydroxylation is 2. The number of aromatic nitrogens is 1. The van der Waals surface area contributed by atoms with E-state index in [0.29, 0.717) is 18.2 Å². The van der Waals surface area contributed by atoms with Crippen LogP contribution in [0.3, 0.4) is 0 Å². The van der Waals surface area contributed by atoms with Gasteiger partial charge in [-0.15, -0.1) is 0 Å². The molecule has 6 nitrogen and oxygen atoms in total. The third kappa shape index (κ3) is 6.76. The lowest BCUT2D eigenvalue weighted by Crippen LogP contribution is -3.00. The lowest BCUT2D eigenvalue weighted by Gasteiger charge is -2.24. The van der Waals surface area contributed by atoms with Crippen LogP contribution in [0.15, 0.2) is 47.4 Å². The maximum Gasteiger partial charge on any atom is 0.229 e. The Bertz CT molecular complexity index is 1180. The Hall–Kier alpha value is -2.00. The first-order chi connectivity index (χ1) is 15.2. The standard InChI is InChI=1S/C24H31N3O3S2.ClH/c1-5-26(6-2)13-14-27(24-25-23-19(4)16-18(3)17-21(23)31-24)22(28)12-15-32(29,30)20-10-8-7-9-11-20;/h7-11,16-17H,5-6,12-15H2,1-4H3;1H/p-1. The molecule has 0 saturated carbocycles. The third-order valence-electron chi connectivity index (χ3n) is 5.57. The van der Waals surface area contributed by atoms with Crippen molar-refractivity contribution in [3.63, 3.8) is 0 Å². The van der Waals surface area contributed by atoms with Crippen LogP contribution in [0.2, 0.25) is 0 Å². The Morgan fingerprint density at radius 3 is 2.33 bits per heavy atom. The zero-order valence-corrected chi connectivity index (χ0v) is 21.9. The molecule has 0 spiro atoms. The van der Waals surface area contributed by atoms with Crippen LogP contribution >= 0.6 is 11.3 Å². The third-order valence-corrected chi connectivity index (χ3v) is 8.33. The summed E-state index contributed by atoms with van der Waals surface area (Å²) in [5.74, 6) is -0.439. The van der Waals surface area contributed by atoms with Gasteiger partial charge in [0.15, 0.2) is 15.0 Å².